The van der Waals surface area contributed by atoms with Crippen molar-refractivity contribution in [3.8, 4) is 0 Å². The summed E-state index contributed by atoms with van der Waals surface area (Å²) < 4.78 is 26.5. The molecule has 1 aliphatic rings. The molecule has 3 amide bonds. The molecule has 0 bridgehead atoms. The predicted octanol–water partition coefficient (Wildman–Crippen LogP) is 2.17. The molecule has 0 saturated carbocycles. The fourth-order valence-corrected chi connectivity index (χ4v) is 4.33. The summed E-state index contributed by atoms with van der Waals surface area (Å²) in [4.78, 5) is 37.1. The van der Waals surface area contributed by atoms with Crippen molar-refractivity contribution in [1.82, 2.24) is 16.0 Å². The van der Waals surface area contributed by atoms with Crippen molar-refractivity contribution in [2.24, 2.45) is 0 Å². The summed E-state index contributed by atoms with van der Waals surface area (Å²) in [5, 5.41) is 12.9. The van der Waals surface area contributed by atoms with Gasteiger partial charge in [0, 0.05) is 29.8 Å². The minimum Gasteiger partial charge on any atom is -0.351 e. The van der Waals surface area contributed by atoms with Crippen LogP contribution in [0.15, 0.2) is 35.7 Å². The second kappa shape index (κ2) is 10.5. The van der Waals surface area contributed by atoms with Gasteiger partial charge in [0.05, 0.1) is 18.0 Å². The van der Waals surface area contributed by atoms with Gasteiger partial charge in [0.2, 0.25) is 17.7 Å². The van der Waals surface area contributed by atoms with Crippen LogP contribution in [0.5, 0.6) is 0 Å². The van der Waals surface area contributed by atoms with Crippen molar-refractivity contribution in [1.29, 1.82) is 0 Å². The number of halogens is 2. The van der Waals surface area contributed by atoms with E-state index >= 15 is 0 Å². The van der Waals surface area contributed by atoms with E-state index in [2.05, 4.69) is 21.3 Å². The minimum absolute atomic E-state index is 0.0773. The molecule has 1 aromatic heterocycles. The lowest BCUT2D eigenvalue weighted by molar-refractivity contribution is -0.125. The average molecular weight is 455 g/mol. The van der Waals surface area contributed by atoms with E-state index in [1.165, 1.54) is 0 Å². The Hall–Kier alpha value is -2.50. The monoisotopic (exact) mass is 454 g/mol. The number of rotatable bonds is 8. The number of hydrogen-bond donors (Lipinski definition) is 4. The lowest BCUT2D eigenvalue weighted by Crippen LogP contribution is -2.56. The molecule has 1 aliphatic heterocycles. The number of carbonyl (C=O) groups excluding carboxylic acids is 3. The Labute approximate surface area is 180 Å². The molecule has 160 valence electrons. The van der Waals surface area contributed by atoms with Crippen LogP contribution in [0, 0.1) is 11.6 Å². The van der Waals surface area contributed by atoms with Crippen LogP contribution in [-0.2, 0) is 20.9 Å². The molecule has 11 heteroatoms. The molecule has 1 saturated heterocycles. The van der Waals surface area contributed by atoms with Gasteiger partial charge in [0.25, 0.3) is 0 Å². The highest BCUT2D eigenvalue weighted by molar-refractivity contribution is 8.00. The molecule has 0 radical (unpaired) electrons. The third kappa shape index (κ3) is 6.78. The first kappa shape index (κ1) is 22.2. The lowest BCUT2D eigenvalue weighted by Gasteiger charge is -2.30. The number of carbonyl (C=O) groups is 3. The molecular weight excluding hydrogens is 434 g/mol. The topological polar surface area (TPSA) is 99.3 Å². The maximum Gasteiger partial charge on any atom is 0.234 e. The van der Waals surface area contributed by atoms with E-state index in [1.807, 2.05) is 17.5 Å². The second-order valence-corrected chi connectivity index (χ2v) is 8.68. The van der Waals surface area contributed by atoms with E-state index in [0.717, 1.165) is 28.8 Å². The Balaban J connectivity index is 1.43. The number of thiophene rings is 1. The van der Waals surface area contributed by atoms with Crippen LogP contribution in [0.2, 0.25) is 0 Å². The normalized spacial score (nSPS) is 18.5. The van der Waals surface area contributed by atoms with Gasteiger partial charge in [-0.2, -0.15) is 0 Å². The van der Waals surface area contributed by atoms with Crippen molar-refractivity contribution in [3.63, 3.8) is 0 Å². The van der Waals surface area contributed by atoms with Gasteiger partial charge in [-0.15, -0.1) is 23.1 Å². The average Bonchev–Trinajstić information content (AvgIpc) is 3.20. The first-order valence-electron chi connectivity index (χ1n) is 9.10. The SMILES string of the molecule is O=C(CC1CC(=O)NC(SCC(=O)Nc2ccc(F)cc2F)N1)NCc1cccs1. The van der Waals surface area contributed by atoms with Crippen LogP contribution in [0.25, 0.3) is 0 Å². The predicted molar refractivity (Wildman–Crippen MR) is 112 cm³/mol. The zero-order chi connectivity index (χ0) is 21.5. The summed E-state index contributed by atoms with van der Waals surface area (Å²) in [5.74, 6) is -2.59. The number of nitrogens with one attached hydrogen (secondary N) is 4. The molecule has 0 aliphatic carbocycles. The first-order valence-corrected chi connectivity index (χ1v) is 11.0. The highest BCUT2D eigenvalue weighted by atomic mass is 32.2. The van der Waals surface area contributed by atoms with Crippen molar-refractivity contribution < 1.29 is 23.2 Å². The number of anilines is 1. The van der Waals surface area contributed by atoms with Crippen LogP contribution >= 0.6 is 23.1 Å². The molecule has 0 spiro atoms. The number of amides is 3. The smallest absolute Gasteiger partial charge is 0.234 e. The number of hydrogen-bond acceptors (Lipinski definition) is 6. The molecule has 4 N–H and O–H groups in total. The Morgan fingerprint density at radius 3 is 2.80 bits per heavy atom. The van der Waals surface area contributed by atoms with Gasteiger partial charge in [-0.3, -0.25) is 19.7 Å². The highest BCUT2D eigenvalue weighted by Crippen LogP contribution is 2.17. The van der Waals surface area contributed by atoms with Crippen LogP contribution in [-0.4, -0.2) is 35.0 Å². The van der Waals surface area contributed by atoms with Gasteiger partial charge in [-0.1, -0.05) is 6.07 Å². The Kier molecular flexibility index (Phi) is 7.77. The Bertz CT molecular complexity index is 911. The highest BCUT2D eigenvalue weighted by Gasteiger charge is 2.28. The third-order valence-electron chi connectivity index (χ3n) is 4.17. The quantitative estimate of drug-likeness (QED) is 0.490. The van der Waals surface area contributed by atoms with Gasteiger partial charge in [-0.05, 0) is 23.6 Å². The van der Waals surface area contributed by atoms with Crippen LogP contribution in [0.1, 0.15) is 17.7 Å². The van der Waals surface area contributed by atoms with Gasteiger partial charge >= 0.3 is 0 Å². The molecule has 2 heterocycles. The summed E-state index contributed by atoms with van der Waals surface area (Å²) in [6, 6.07) is 6.33. The number of benzene rings is 1. The standard InChI is InChI=1S/C19H20F2N4O3S2/c20-11-3-4-15(14(21)6-11)24-18(28)10-30-19-23-12(8-17(27)25-19)7-16(26)22-9-13-2-1-5-29-13/h1-6,12,19,23H,7-10H2,(H,22,26)(H,24,28)(H,25,27). The zero-order valence-corrected chi connectivity index (χ0v) is 17.4. The van der Waals surface area contributed by atoms with E-state index in [0.29, 0.717) is 12.6 Å². The Morgan fingerprint density at radius 2 is 2.07 bits per heavy atom. The summed E-state index contributed by atoms with van der Waals surface area (Å²) in [6.07, 6.45) is 0.277. The maximum atomic E-state index is 13.6. The van der Waals surface area contributed by atoms with Gasteiger partial charge in [0.1, 0.15) is 17.1 Å². The van der Waals surface area contributed by atoms with Crippen LogP contribution in [0.4, 0.5) is 14.5 Å². The first-order chi connectivity index (χ1) is 14.4. The second-order valence-electron chi connectivity index (χ2n) is 6.56. The van der Waals surface area contributed by atoms with Crippen molar-refractivity contribution in [2.45, 2.75) is 30.9 Å². The molecular formula is C19H20F2N4O3S2. The molecule has 3 rings (SSSR count). The van der Waals surface area contributed by atoms with E-state index in [4.69, 9.17) is 0 Å². The van der Waals surface area contributed by atoms with Crippen molar-refractivity contribution in [3.05, 3.63) is 52.2 Å². The largest absolute Gasteiger partial charge is 0.351 e. The van der Waals surface area contributed by atoms with Crippen LogP contribution in [0.3, 0.4) is 0 Å². The van der Waals surface area contributed by atoms with Crippen molar-refractivity contribution in [2.75, 3.05) is 11.1 Å². The molecule has 2 aromatic rings. The van der Waals surface area contributed by atoms with Crippen molar-refractivity contribution >= 4 is 46.5 Å². The summed E-state index contributed by atoms with van der Waals surface area (Å²) in [7, 11) is 0. The fraction of sp³-hybridized carbons (Fsp3) is 0.316. The molecule has 1 fully saturated rings. The van der Waals surface area contributed by atoms with E-state index in [1.54, 1.807) is 11.3 Å². The minimum atomic E-state index is -0.869. The van der Waals surface area contributed by atoms with Gasteiger partial charge in [0.15, 0.2) is 0 Å². The fourth-order valence-electron chi connectivity index (χ4n) is 2.80. The number of thioether (sulfide) groups is 1. The third-order valence-corrected chi connectivity index (χ3v) is 6.06. The van der Waals surface area contributed by atoms with E-state index < -0.39 is 23.0 Å². The summed E-state index contributed by atoms with van der Waals surface area (Å²) in [6.45, 7) is 0.438. The molecule has 2 atom stereocenters. The molecule has 2 unspecified atom stereocenters. The van der Waals surface area contributed by atoms with Gasteiger partial charge < -0.3 is 16.0 Å². The molecule has 1 aromatic carbocycles. The Morgan fingerprint density at radius 1 is 1.23 bits per heavy atom. The molecule has 7 nitrogen and oxygen atoms in total. The lowest BCUT2D eigenvalue weighted by atomic mass is 10.1. The zero-order valence-electron chi connectivity index (χ0n) is 15.7. The molecule has 30 heavy (non-hydrogen) atoms. The summed E-state index contributed by atoms with van der Waals surface area (Å²) >= 11 is 2.64. The van der Waals surface area contributed by atoms with E-state index in [-0.39, 0.29) is 42.1 Å². The van der Waals surface area contributed by atoms with Crippen LogP contribution < -0.4 is 21.3 Å². The summed E-state index contributed by atoms with van der Waals surface area (Å²) in [5.41, 5.74) is -0.687. The van der Waals surface area contributed by atoms with Gasteiger partial charge in [-0.25, -0.2) is 8.78 Å². The maximum absolute atomic E-state index is 13.6. The van der Waals surface area contributed by atoms with E-state index in [9.17, 15) is 23.2 Å².